The van der Waals surface area contributed by atoms with Crippen LogP contribution in [0.2, 0.25) is 0 Å². The van der Waals surface area contributed by atoms with Crippen LogP contribution in [0, 0.1) is 11.3 Å². The van der Waals surface area contributed by atoms with E-state index < -0.39 is 0 Å². The van der Waals surface area contributed by atoms with Crippen molar-refractivity contribution in [3.8, 4) is 6.07 Å². The molecule has 2 aromatic heterocycles. The van der Waals surface area contributed by atoms with Gasteiger partial charge in [-0.2, -0.15) is 15.2 Å². The van der Waals surface area contributed by atoms with Crippen molar-refractivity contribution >= 4 is 22.8 Å². The third-order valence-corrected chi connectivity index (χ3v) is 3.45. The molecule has 1 aliphatic rings. The van der Waals surface area contributed by atoms with Crippen molar-refractivity contribution in [2.75, 3.05) is 43.9 Å². The van der Waals surface area contributed by atoms with Gasteiger partial charge in [-0.3, -0.25) is 0 Å². The average Bonchev–Trinajstić information content (AvgIpc) is 2.81. The number of aromatic amines is 1. The van der Waals surface area contributed by atoms with Crippen molar-refractivity contribution in [1.82, 2.24) is 19.9 Å². The topological polar surface area (TPSA) is 97.9 Å². The lowest BCUT2D eigenvalue weighted by molar-refractivity contribution is 0.312. The summed E-state index contributed by atoms with van der Waals surface area (Å²) < 4.78 is 0. The van der Waals surface area contributed by atoms with Crippen LogP contribution < -0.4 is 10.6 Å². The molecule has 98 valence electrons. The highest BCUT2D eigenvalue weighted by Crippen LogP contribution is 2.28. The maximum absolute atomic E-state index is 9.18. The van der Waals surface area contributed by atoms with Gasteiger partial charge in [0.1, 0.15) is 17.5 Å². The molecule has 3 heterocycles. The fourth-order valence-corrected chi connectivity index (χ4v) is 2.37. The molecule has 0 atom stereocenters. The number of nitriles is 1. The standard InChI is InChI=1S/C12H15N7/c1-18-2-4-19(5-3-18)11-9-8(6-13)7-15-10(9)16-12(14)17-11/h7H,2-5H2,1H3,(H3,14,15,16,17). The molecule has 0 amide bonds. The molecule has 0 aliphatic carbocycles. The van der Waals surface area contributed by atoms with E-state index in [9.17, 15) is 5.26 Å². The maximum Gasteiger partial charge on any atom is 0.223 e. The van der Waals surface area contributed by atoms with E-state index >= 15 is 0 Å². The number of aromatic nitrogens is 3. The molecule has 1 saturated heterocycles. The molecule has 3 N–H and O–H groups in total. The zero-order valence-electron chi connectivity index (χ0n) is 10.7. The van der Waals surface area contributed by atoms with Gasteiger partial charge >= 0.3 is 0 Å². The molecule has 7 nitrogen and oxygen atoms in total. The minimum atomic E-state index is 0.229. The van der Waals surface area contributed by atoms with Crippen LogP contribution in [0.1, 0.15) is 5.56 Å². The van der Waals surface area contributed by atoms with Crippen molar-refractivity contribution in [3.63, 3.8) is 0 Å². The number of hydrogen-bond acceptors (Lipinski definition) is 6. The highest BCUT2D eigenvalue weighted by atomic mass is 15.3. The minimum absolute atomic E-state index is 0.229. The van der Waals surface area contributed by atoms with Gasteiger partial charge in [0.05, 0.1) is 10.9 Å². The summed E-state index contributed by atoms with van der Waals surface area (Å²) in [4.78, 5) is 15.9. The van der Waals surface area contributed by atoms with Crippen LogP contribution in [-0.2, 0) is 0 Å². The molecule has 0 aromatic carbocycles. The Morgan fingerprint density at radius 3 is 2.74 bits per heavy atom. The van der Waals surface area contributed by atoms with Gasteiger partial charge in [-0.05, 0) is 7.05 Å². The number of hydrogen-bond donors (Lipinski definition) is 2. The molecule has 7 heteroatoms. The quantitative estimate of drug-likeness (QED) is 0.755. The highest BCUT2D eigenvalue weighted by molar-refractivity contribution is 5.93. The Hall–Kier alpha value is -2.33. The number of likely N-dealkylation sites (N-methyl/N-ethyl adjacent to an activating group) is 1. The van der Waals surface area contributed by atoms with Crippen LogP contribution in [-0.4, -0.2) is 53.1 Å². The van der Waals surface area contributed by atoms with E-state index in [0.717, 1.165) is 37.4 Å². The first kappa shape index (κ1) is 11.7. The van der Waals surface area contributed by atoms with Crippen molar-refractivity contribution in [1.29, 1.82) is 5.26 Å². The van der Waals surface area contributed by atoms with Crippen LogP contribution in [0.15, 0.2) is 6.20 Å². The zero-order valence-corrected chi connectivity index (χ0v) is 10.7. The molecule has 3 rings (SSSR count). The second kappa shape index (κ2) is 4.40. The van der Waals surface area contributed by atoms with Crippen LogP contribution >= 0.6 is 0 Å². The summed E-state index contributed by atoms with van der Waals surface area (Å²) in [7, 11) is 2.10. The Kier molecular flexibility index (Phi) is 2.72. The van der Waals surface area contributed by atoms with E-state index in [-0.39, 0.29) is 5.95 Å². The Morgan fingerprint density at radius 1 is 1.32 bits per heavy atom. The summed E-state index contributed by atoms with van der Waals surface area (Å²) in [5, 5.41) is 9.94. The van der Waals surface area contributed by atoms with Gasteiger partial charge in [-0.1, -0.05) is 0 Å². The Labute approximate surface area is 110 Å². The second-order valence-corrected chi connectivity index (χ2v) is 4.73. The summed E-state index contributed by atoms with van der Waals surface area (Å²) in [5.74, 6) is 0.987. The van der Waals surface area contributed by atoms with Crippen LogP contribution in [0.3, 0.4) is 0 Å². The van der Waals surface area contributed by atoms with Gasteiger partial charge in [0, 0.05) is 32.4 Å². The molecule has 0 spiro atoms. The summed E-state index contributed by atoms with van der Waals surface area (Å²) in [6.07, 6.45) is 1.65. The predicted molar refractivity (Wildman–Crippen MR) is 72.7 cm³/mol. The first-order valence-electron chi connectivity index (χ1n) is 6.17. The molecular weight excluding hydrogens is 242 g/mol. The average molecular weight is 257 g/mol. The zero-order chi connectivity index (χ0) is 13.4. The Balaban J connectivity index is 2.11. The minimum Gasteiger partial charge on any atom is -0.368 e. The number of nitrogens with one attached hydrogen (secondary N) is 1. The summed E-state index contributed by atoms with van der Waals surface area (Å²) >= 11 is 0. The lowest BCUT2D eigenvalue weighted by Crippen LogP contribution is -2.45. The molecule has 1 aliphatic heterocycles. The smallest absolute Gasteiger partial charge is 0.223 e. The Bertz CT molecular complexity index is 646. The van der Waals surface area contributed by atoms with Crippen LogP contribution in [0.25, 0.3) is 11.0 Å². The van der Waals surface area contributed by atoms with E-state index in [0.29, 0.717) is 11.2 Å². The van der Waals surface area contributed by atoms with Gasteiger partial charge in [-0.25, -0.2) is 0 Å². The fraction of sp³-hybridized carbons (Fsp3) is 0.417. The van der Waals surface area contributed by atoms with Gasteiger partial charge < -0.3 is 20.5 Å². The number of anilines is 2. The number of piperazine rings is 1. The van der Waals surface area contributed by atoms with Crippen molar-refractivity contribution < 1.29 is 0 Å². The number of fused-ring (bicyclic) bond motifs is 1. The molecule has 0 unspecified atom stereocenters. The van der Waals surface area contributed by atoms with E-state index in [1.165, 1.54) is 0 Å². The first-order valence-corrected chi connectivity index (χ1v) is 6.17. The molecule has 0 radical (unpaired) electrons. The number of nitrogen functional groups attached to an aromatic ring is 1. The van der Waals surface area contributed by atoms with Gasteiger partial charge in [-0.15, -0.1) is 0 Å². The summed E-state index contributed by atoms with van der Waals surface area (Å²) in [6.45, 7) is 3.69. The van der Waals surface area contributed by atoms with Crippen LogP contribution in [0.4, 0.5) is 11.8 Å². The van der Waals surface area contributed by atoms with Gasteiger partial charge in [0.15, 0.2) is 0 Å². The lowest BCUT2D eigenvalue weighted by Gasteiger charge is -2.33. The fourth-order valence-electron chi connectivity index (χ4n) is 2.37. The normalized spacial score (nSPS) is 16.7. The number of nitrogens with zero attached hydrogens (tertiary/aromatic N) is 5. The van der Waals surface area contributed by atoms with Gasteiger partial charge in [0.25, 0.3) is 0 Å². The van der Waals surface area contributed by atoms with E-state index in [4.69, 9.17) is 5.73 Å². The highest BCUT2D eigenvalue weighted by Gasteiger charge is 2.21. The molecule has 0 saturated carbocycles. The Morgan fingerprint density at radius 2 is 2.05 bits per heavy atom. The van der Waals surface area contributed by atoms with Crippen molar-refractivity contribution in [2.45, 2.75) is 0 Å². The van der Waals surface area contributed by atoms with Gasteiger partial charge in [0.2, 0.25) is 5.95 Å². The number of H-pyrrole nitrogens is 1. The van der Waals surface area contributed by atoms with E-state index in [1.807, 2.05) is 0 Å². The predicted octanol–water partition coefficient (Wildman–Crippen LogP) is 0.164. The monoisotopic (exact) mass is 257 g/mol. The third-order valence-electron chi connectivity index (χ3n) is 3.45. The summed E-state index contributed by atoms with van der Waals surface area (Å²) in [6, 6.07) is 2.17. The maximum atomic E-state index is 9.18. The SMILES string of the molecule is CN1CCN(c2nc(N)nc3[nH]cc(C#N)c23)CC1. The first-order chi connectivity index (χ1) is 9.19. The lowest BCUT2D eigenvalue weighted by atomic mass is 10.2. The third kappa shape index (κ3) is 1.96. The molecule has 2 aromatic rings. The second-order valence-electron chi connectivity index (χ2n) is 4.73. The van der Waals surface area contributed by atoms with E-state index in [1.54, 1.807) is 6.20 Å². The largest absolute Gasteiger partial charge is 0.368 e. The van der Waals surface area contributed by atoms with E-state index in [2.05, 4.69) is 37.9 Å². The van der Waals surface area contributed by atoms with Crippen molar-refractivity contribution in [2.24, 2.45) is 0 Å². The number of nitrogens with two attached hydrogens (primary N) is 1. The molecule has 19 heavy (non-hydrogen) atoms. The molecule has 0 bridgehead atoms. The molecule has 1 fully saturated rings. The van der Waals surface area contributed by atoms with Crippen molar-refractivity contribution in [3.05, 3.63) is 11.8 Å². The molecular formula is C12H15N7. The summed E-state index contributed by atoms with van der Waals surface area (Å²) in [5.41, 5.74) is 6.93. The van der Waals surface area contributed by atoms with Crippen LogP contribution in [0.5, 0.6) is 0 Å². The number of rotatable bonds is 1.